The second-order valence-corrected chi connectivity index (χ2v) is 6.04. The van der Waals surface area contributed by atoms with Crippen LogP contribution in [-0.4, -0.2) is 47.4 Å². The third kappa shape index (κ3) is 6.99. The van der Waals surface area contributed by atoms with E-state index in [0.717, 1.165) is 0 Å². The number of carboxylic acid groups (broad SMARTS) is 1. The number of aliphatic carboxylic acids is 1. The Morgan fingerprint density at radius 1 is 1.19 bits per heavy atom. The first-order valence-corrected chi connectivity index (χ1v) is 9.16. The number of nitro groups is 1. The van der Waals surface area contributed by atoms with Crippen molar-refractivity contribution in [2.24, 2.45) is 5.10 Å². The summed E-state index contributed by atoms with van der Waals surface area (Å²) in [6.45, 7) is 3.03. The van der Waals surface area contributed by atoms with Crippen LogP contribution >= 0.6 is 0 Å². The summed E-state index contributed by atoms with van der Waals surface area (Å²) in [4.78, 5) is 33.2. The first-order valence-electron chi connectivity index (χ1n) is 9.16. The minimum atomic E-state index is -1.11. The van der Waals surface area contributed by atoms with Gasteiger partial charge in [0.05, 0.1) is 17.7 Å². The number of carbonyl (C=O) groups is 2. The Labute approximate surface area is 177 Å². The van der Waals surface area contributed by atoms with Crippen LogP contribution in [0.4, 0.5) is 5.69 Å². The zero-order valence-corrected chi connectivity index (χ0v) is 16.8. The molecule has 1 amide bonds. The maximum absolute atomic E-state index is 11.9. The number of rotatable bonds is 11. The molecular formula is C20H21N3O8. The van der Waals surface area contributed by atoms with Crippen molar-refractivity contribution in [1.82, 2.24) is 5.43 Å². The van der Waals surface area contributed by atoms with Gasteiger partial charge in [0.25, 0.3) is 5.91 Å². The number of para-hydroxylation sites is 2. The molecule has 31 heavy (non-hydrogen) atoms. The maximum atomic E-state index is 11.9. The SMILES string of the molecule is CCOc1cc(/C=N/NC(=O)COc2ccccc2[N+](=O)[O-])ccc1OC(C)C(=O)O. The summed E-state index contributed by atoms with van der Waals surface area (Å²) in [6, 6.07) is 10.4. The molecular weight excluding hydrogens is 410 g/mol. The summed E-state index contributed by atoms with van der Waals surface area (Å²) in [7, 11) is 0. The molecule has 11 heteroatoms. The molecule has 164 valence electrons. The van der Waals surface area contributed by atoms with Crippen LogP contribution in [0.25, 0.3) is 0 Å². The molecule has 1 unspecified atom stereocenters. The molecule has 0 radical (unpaired) electrons. The van der Waals surface area contributed by atoms with Crippen LogP contribution in [0.1, 0.15) is 19.4 Å². The number of amides is 1. The summed E-state index contributed by atoms with van der Waals surface area (Å²) in [5.74, 6) is -1.17. The summed E-state index contributed by atoms with van der Waals surface area (Å²) in [6.07, 6.45) is 0.286. The first kappa shape index (κ1) is 23.1. The van der Waals surface area contributed by atoms with Crippen LogP contribution in [0.5, 0.6) is 17.2 Å². The van der Waals surface area contributed by atoms with Gasteiger partial charge in [-0.2, -0.15) is 5.10 Å². The van der Waals surface area contributed by atoms with E-state index in [0.29, 0.717) is 17.9 Å². The van der Waals surface area contributed by atoms with E-state index in [9.17, 15) is 19.7 Å². The van der Waals surface area contributed by atoms with Gasteiger partial charge in [0.1, 0.15) is 0 Å². The van der Waals surface area contributed by atoms with Gasteiger partial charge >= 0.3 is 11.7 Å². The van der Waals surface area contributed by atoms with Crippen LogP contribution in [0, 0.1) is 10.1 Å². The lowest BCUT2D eigenvalue weighted by molar-refractivity contribution is -0.385. The number of hydrazone groups is 1. The van der Waals surface area contributed by atoms with Crippen molar-refractivity contribution in [1.29, 1.82) is 0 Å². The Kier molecular flexibility index (Phi) is 8.31. The van der Waals surface area contributed by atoms with Gasteiger partial charge in [0, 0.05) is 6.07 Å². The number of ether oxygens (including phenoxy) is 3. The molecule has 0 aromatic heterocycles. The molecule has 0 bridgehead atoms. The number of carboxylic acids is 1. The average molecular weight is 431 g/mol. The third-order valence-electron chi connectivity index (χ3n) is 3.74. The van der Waals surface area contributed by atoms with Crippen molar-refractivity contribution in [2.45, 2.75) is 20.0 Å². The van der Waals surface area contributed by atoms with E-state index in [-0.39, 0.29) is 17.2 Å². The fourth-order valence-corrected chi connectivity index (χ4v) is 2.30. The van der Waals surface area contributed by atoms with E-state index in [1.165, 1.54) is 37.4 Å². The lowest BCUT2D eigenvalue weighted by atomic mass is 10.2. The van der Waals surface area contributed by atoms with E-state index in [1.54, 1.807) is 25.1 Å². The van der Waals surface area contributed by atoms with Crippen molar-refractivity contribution in [3.05, 3.63) is 58.1 Å². The van der Waals surface area contributed by atoms with Crippen molar-refractivity contribution in [3.8, 4) is 17.2 Å². The minimum Gasteiger partial charge on any atom is -0.490 e. The number of hydrogen-bond acceptors (Lipinski definition) is 8. The highest BCUT2D eigenvalue weighted by Crippen LogP contribution is 2.29. The van der Waals surface area contributed by atoms with Gasteiger partial charge in [-0.15, -0.1) is 0 Å². The Bertz CT molecular complexity index is 977. The van der Waals surface area contributed by atoms with Gasteiger partial charge in [0.2, 0.25) is 0 Å². The highest BCUT2D eigenvalue weighted by Gasteiger charge is 2.16. The number of nitrogens with one attached hydrogen (secondary N) is 1. The number of hydrogen-bond donors (Lipinski definition) is 2. The third-order valence-corrected chi connectivity index (χ3v) is 3.74. The van der Waals surface area contributed by atoms with E-state index in [1.807, 2.05) is 0 Å². The van der Waals surface area contributed by atoms with Crippen molar-refractivity contribution in [2.75, 3.05) is 13.2 Å². The molecule has 0 fully saturated rings. The molecule has 2 rings (SSSR count). The van der Waals surface area contributed by atoms with Crippen molar-refractivity contribution < 1.29 is 33.8 Å². The Morgan fingerprint density at radius 2 is 1.94 bits per heavy atom. The molecule has 0 aliphatic carbocycles. The lowest BCUT2D eigenvalue weighted by Gasteiger charge is -2.15. The summed E-state index contributed by atoms with van der Waals surface area (Å²) in [5, 5.41) is 23.7. The molecule has 0 saturated carbocycles. The molecule has 1 atom stereocenters. The van der Waals surface area contributed by atoms with Gasteiger partial charge in [0.15, 0.2) is 30.0 Å². The molecule has 2 aromatic rings. The number of benzene rings is 2. The lowest BCUT2D eigenvalue weighted by Crippen LogP contribution is -2.24. The van der Waals surface area contributed by atoms with Gasteiger partial charge in [-0.05, 0) is 43.7 Å². The highest BCUT2D eigenvalue weighted by molar-refractivity contribution is 5.83. The average Bonchev–Trinajstić information content (AvgIpc) is 2.74. The van der Waals surface area contributed by atoms with Crippen molar-refractivity contribution in [3.63, 3.8) is 0 Å². The predicted molar refractivity (Wildman–Crippen MR) is 110 cm³/mol. The van der Waals surface area contributed by atoms with Crippen LogP contribution in [0.2, 0.25) is 0 Å². The van der Waals surface area contributed by atoms with Gasteiger partial charge in [-0.1, -0.05) is 12.1 Å². The quantitative estimate of drug-likeness (QED) is 0.313. The smallest absolute Gasteiger partial charge is 0.344 e. The van der Waals surface area contributed by atoms with Gasteiger partial charge in [-0.25, -0.2) is 10.2 Å². The van der Waals surface area contributed by atoms with E-state index >= 15 is 0 Å². The molecule has 2 N–H and O–H groups in total. The van der Waals surface area contributed by atoms with Crippen LogP contribution in [0.3, 0.4) is 0 Å². The fourth-order valence-electron chi connectivity index (χ4n) is 2.30. The molecule has 2 aromatic carbocycles. The summed E-state index contributed by atoms with van der Waals surface area (Å²) < 4.78 is 16.0. The number of carbonyl (C=O) groups excluding carboxylic acids is 1. The largest absolute Gasteiger partial charge is 0.490 e. The van der Waals surface area contributed by atoms with Crippen LogP contribution < -0.4 is 19.6 Å². The highest BCUT2D eigenvalue weighted by atomic mass is 16.6. The zero-order chi connectivity index (χ0) is 22.8. The molecule has 11 nitrogen and oxygen atoms in total. The Morgan fingerprint density at radius 3 is 2.61 bits per heavy atom. The normalized spacial score (nSPS) is 11.5. The van der Waals surface area contributed by atoms with E-state index in [2.05, 4.69) is 10.5 Å². The van der Waals surface area contributed by atoms with Crippen LogP contribution in [-0.2, 0) is 9.59 Å². The molecule has 0 heterocycles. The predicted octanol–water partition coefficient (Wildman–Crippen LogP) is 2.37. The molecule has 0 saturated heterocycles. The second kappa shape index (κ2) is 11.1. The number of nitrogens with zero attached hydrogens (tertiary/aromatic N) is 2. The maximum Gasteiger partial charge on any atom is 0.344 e. The molecule has 0 spiro atoms. The second-order valence-electron chi connectivity index (χ2n) is 6.04. The van der Waals surface area contributed by atoms with Crippen LogP contribution in [0.15, 0.2) is 47.6 Å². The Hall–Kier alpha value is -4.15. The first-order chi connectivity index (χ1) is 14.8. The molecule has 0 aliphatic heterocycles. The van der Waals surface area contributed by atoms with E-state index < -0.39 is 29.5 Å². The minimum absolute atomic E-state index is 0.0286. The molecule has 0 aliphatic rings. The summed E-state index contributed by atoms with van der Waals surface area (Å²) >= 11 is 0. The summed E-state index contributed by atoms with van der Waals surface area (Å²) in [5.41, 5.74) is 2.56. The number of nitro benzene ring substituents is 1. The fraction of sp³-hybridized carbons (Fsp3) is 0.250. The monoisotopic (exact) mass is 431 g/mol. The van der Waals surface area contributed by atoms with Crippen molar-refractivity contribution >= 4 is 23.8 Å². The van der Waals surface area contributed by atoms with Gasteiger partial charge in [-0.3, -0.25) is 14.9 Å². The topological polar surface area (TPSA) is 150 Å². The van der Waals surface area contributed by atoms with Gasteiger partial charge < -0.3 is 19.3 Å². The Balaban J connectivity index is 1.97. The standard InChI is InChI=1S/C20H21N3O8/c1-3-29-18-10-14(8-9-17(18)31-13(2)20(25)26)11-21-22-19(24)12-30-16-7-5-4-6-15(16)23(27)28/h4-11,13H,3,12H2,1-2H3,(H,22,24)(H,25,26)/b21-11+. The van der Waals surface area contributed by atoms with E-state index in [4.69, 9.17) is 19.3 Å². The zero-order valence-electron chi connectivity index (χ0n) is 16.8.